The number of carbonyl (C=O) groups is 1. The second-order valence-electron chi connectivity index (χ2n) is 9.12. The zero-order valence-electron chi connectivity index (χ0n) is 19.8. The van der Waals surface area contributed by atoms with Crippen molar-refractivity contribution in [3.05, 3.63) is 71.0 Å². The minimum absolute atomic E-state index is 0.148. The summed E-state index contributed by atoms with van der Waals surface area (Å²) in [6, 6.07) is 14.4. The number of piperidine rings is 1. The number of hydrogen-bond acceptors (Lipinski definition) is 4. The van der Waals surface area contributed by atoms with E-state index < -0.39 is 0 Å². The van der Waals surface area contributed by atoms with Gasteiger partial charge in [-0.05, 0) is 73.7 Å². The number of aryl methyl sites for hydroxylation is 1. The van der Waals surface area contributed by atoms with Crippen LogP contribution in [0, 0.1) is 13.8 Å². The summed E-state index contributed by atoms with van der Waals surface area (Å²) in [5.74, 6) is 1.47. The first-order chi connectivity index (χ1) is 16.0. The highest BCUT2D eigenvalue weighted by molar-refractivity contribution is 5.79. The summed E-state index contributed by atoms with van der Waals surface area (Å²) in [5.41, 5.74) is 7.08. The molecular formula is C27H31N3O3. The summed E-state index contributed by atoms with van der Waals surface area (Å²) in [4.78, 5) is 15.1. The van der Waals surface area contributed by atoms with Gasteiger partial charge in [0, 0.05) is 25.0 Å². The number of nitrogens with one attached hydrogen (secondary N) is 1. The van der Waals surface area contributed by atoms with Crippen LogP contribution in [0.2, 0.25) is 0 Å². The monoisotopic (exact) mass is 445 g/mol. The van der Waals surface area contributed by atoms with Gasteiger partial charge in [0.15, 0.2) is 11.5 Å². The molecule has 172 valence electrons. The van der Waals surface area contributed by atoms with E-state index in [1.807, 2.05) is 23.1 Å². The van der Waals surface area contributed by atoms with Crippen LogP contribution >= 0.6 is 0 Å². The van der Waals surface area contributed by atoms with E-state index in [0.29, 0.717) is 17.9 Å². The van der Waals surface area contributed by atoms with Gasteiger partial charge in [-0.25, -0.2) is 0 Å². The summed E-state index contributed by atoms with van der Waals surface area (Å²) < 4.78 is 13.0. The van der Waals surface area contributed by atoms with E-state index in [2.05, 4.69) is 54.2 Å². The molecule has 0 saturated carbocycles. The van der Waals surface area contributed by atoms with Gasteiger partial charge in [-0.2, -0.15) is 0 Å². The first kappa shape index (κ1) is 21.4. The van der Waals surface area contributed by atoms with Crippen molar-refractivity contribution in [3.8, 4) is 17.2 Å². The van der Waals surface area contributed by atoms with Crippen molar-refractivity contribution in [2.75, 3.05) is 32.6 Å². The van der Waals surface area contributed by atoms with Crippen molar-refractivity contribution < 1.29 is 14.3 Å². The topological polar surface area (TPSA) is 55.7 Å². The second-order valence-corrected chi connectivity index (χ2v) is 9.12. The van der Waals surface area contributed by atoms with E-state index >= 15 is 0 Å². The van der Waals surface area contributed by atoms with E-state index in [1.54, 1.807) is 14.2 Å². The number of likely N-dealkylation sites (tertiary alicyclic amines) is 1. The molecule has 1 aromatic heterocycles. The maximum absolute atomic E-state index is 13.1. The molecule has 1 amide bonds. The van der Waals surface area contributed by atoms with Crippen molar-refractivity contribution in [2.24, 2.45) is 0 Å². The molecule has 2 aliphatic rings. The Labute approximate surface area is 195 Å². The maximum Gasteiger partial charge on any atom is 0.226 e. The van der Waals surface area contributed by atoms with Crippen molar-refractivity contribution >= 4 is 11.6 Å². The quantitative estimate of drug-likeness (QED) is 0.638. The number of fused-ring (bicyclic) bond motifs is 4. The molecule has 33 heavy (non-hydrogen) atoms. The summed E-state index contributed by atoms with van der Waals surface area (Å²) in [6.45, 7) is 5.80. The van der Waals surface area contributed by atoms with Crippen LogP contribution < -0.4 is 14.8 Å². The Morgan fingerprint density at radius 2 is 1.79 bits per heavy atom. The lowest BCUT2D eigenvalue weighted by molar-refractivity contribution is -0.132. The molecule has 3 aromatic rings. The van der Waals surface area contributed by atoms with Crippen LogP contribution in [0.15, 0.2) is 48.7 Å². The van der Waals surface area contributed by atoms with Crippen molar-refractivity contribution in [3.63, 3.8) is 0 Å². The third-order valence-corrected chi connectivity index (χ3v) is 7.33. The molecule has 6 heteroatoms. The standard InChI is InChI=1S/C27H31N3O3/c1-18-7-9-21-26(19(18)2)30-13-5-6-24(30)27(28-21)11-14-29(15-12-27)25(31)17-20-8-10-22(32-3)23(16-20)33-4/h5-10,13,16,28H,11-12,14-15,17H2,1-4H3. The summed E-state index contributed by atoms with van der Waals surface area (Å²) in [5, 5.41) is 3.87. The molecule has 0 aliphatic carbocycles. The molecule has 5 rings (SSSR count). The van der Waals surface area contributed by atoms with Crippen molar-refractivity contribution in [2.45, 2.75) is 38.6 Å². The lowest BCUT2D eigenvalue weighted by Crippen LogP contribution is -2.51. The molecule has 1 N–H and O–H groups in total. The molecule has 2 aromatic carbocycles. The minimum Gasteiger partial charge on any atom is -0.493 e. The number of methoxy groups -OCH3 is 2. The van der Waals surface area contributed by atoms with Crippen LogP contribution in [0.3, 0.4) is 0 Å². The predicted molar refractivity (Wildman–Crippen MR) is 130 cm³/mol. The highest BCUT2D eigenvalue weighted by Gasteiger charge is 2.42. The van der Waals surface area contributed by atoms with E-state index in [0.717, 1.165) is 31.5 Å². The number of ether oxygens (including phenoxy) is 2. The van der Waals surface area contributed by atoms with Crippen LogP contribution in [-0.4, -0.2) is 42.7 Å². The Hall–Kier alpha value is -3.41. The largest absolute Gasteiger partial charge is 0.493 e. The second kappa shape index (κ2) is 8.18. The summed E-state index contributed by atoms with van der Waals surface area (Å²) in [7, 11) is 3.23. The lowest BCUT2D eigenvalue weighted by atomic mass is 9.81. The average Bonchev–Trinajstić information content (AvgIpc) is 3.33. The first-order valence-electron chi connectivity index (χ1n) is 11.5. The molecule has 0 radical (unpaired) electrons. The van der Waals surface area contributed by atoms with Crippen molar-refractivity contribution in [1.82, 2.24) is 9.47 Å². The Kier molecular flexibility index (Phi) is 5.31. The number of anilines is 1. The summed E-state index contributed by atoms with van der Waals surface area (Å²) in [6.07, 6.45) is 4.28. The van der Waals surface area contributed by atoms with Gasteiger partial charge in [-0.1, -0.05) is 12.1 Å². The third kappa shape index (κ3) is 3.54. The van der Waals surface area contributed by atoms with Crippen LogP contribution in [0.1, 0.15) is 35.2 Å². The molecular weight excluding hydrogens is 414 g/mol. The molecule has 0 bridgehead atoms. The van der Waals surface area contributed by atoms with Crippen LogP contribution in [0.5, 0.6) is 11.5 Å². The van der Waals surface area contributed by atoms with Gasteiger partial charge in [-0.3, -0.25) is 4.79 Å². The van der Waals surface area contributed by atoms with E-state index in [4.69, 9.17) is 9.47 Å². The molecule has 3 heterocycles. The third-order valence-electron chi connectivity index (χ3n) is 7.33. The molecule has 1 saturated heterocycles. The Balaban J connectivity index is 1.33. The Bertz CT molecular complexity index is 1210. The predicted octanol–water partition coefficient (Wildman–Crippen LogP) is 4.60. The van der Waals surface area contributed by atoms with Gasteiger partial charge in [0.2, 0.25) is 5.91 Å². The smallest absolute Gasteiger partial charge is 0.226 e. The fraction of sp³-hybridized carbons (Fsp3) is 0.370. The molecule has 1 spiro atoms. The highest BCUT2D eigenvalue weighted by Crippen LogP contribution is 2.44. The van der Waals surface area contributed by atoms with Gasteiger partial charge >= 0.3 is 0 Å². The lowest BCUT2D eigenvalue weighted by Gasteiger charge is -2.46. The van der Waals surface area contributed by atoms with E-state index in [1.165, 1.54) is 28.2 Å². The van der Waals surface area contributed by atoms with Gasteiger partial charge < -0.3 is 24.3 Å². The SMILES string of the molecule is COc1ccc(CC(=O)N2CCC3(CC2)Nc2ccc(C)c(C)c2-n2cccc23)cc1OC. The summed E-state index contributed by atoms with van der Waals surface area (Å²) >= 11 is 0. The van der Waals surface area contributed by atoms with Crippen molar-refractivity contribution in [1.29, 1.82) is 0 Å². The zero-order chi connectivity index (χ0) is 23.2. The number of carbonyl (C=O) groups excluding carboxylic acids is 1. The van der Waals surface area contributed by atoms with E-state index in [9.17, 15) is 4.79 Å². The zero-order valence-corrected chi connectivity index (χ0v) is 19.8. The number of rotatable bonds is 4. The fourth-order valence-electron chi connectivity index (χ4n) is 5.30. The first-order valence-corrected chi connectivity index (χ1v) is 11.5. The number of aromatic nitrogens is 1. The average molecular weight is 446 g/mol. The van der Waals surface area contributed by atoms with Crippen LogP contribution in [-0.2, 0) is 16.8 Å². The Morgan fingerprint density at radius 3 is 2.52 bits per heavy atom. The molecule has 1 fully saturated rings. The highest BCUT2D eigenvalue weighted by atomic mass is 16.5. The fourth-order valence-corrected chi connectivity index (χ4v) is 5.30. The van der Waals surface area contributed by atoms with Gasteiger partial charge in [0.05, 0.1) is 37.6 Å². The number of nitrogens with zero attached hydrogens (tertiary/aromatic N) is 2. The molecule has 2 aliphatic heterocycles. The number of amides is 1. The Morgan fingerprint density at radius 1 is 1.03 bits per heavy atom. The maximum atomic E-state index is 13.1. The van der Waals surface area contributed by atoms with Gasteiger partial charge in [0.25, 0.3) is 0 Å². The molecule has 6 nitrogen and oxygen atoms in total. The van der Waals surface area contributed by atoms with Gasteiger partial charge in [0.1, 0.15) is 0 Å². The van der Waals surface area contributed by atoms with E-state index in [-0.39, 0.29) is 11.4 Å². The molecule has 0 unspecified atom stereocenters. The minimum atomic E-state index is -0.154. The normalized spacial score (nSPS) is 16.1. The molecule has 0 atom stereocenters. The number of hydrogen-bond donors (Lipinski definition) is 1. The van der Waals surface area contributed by atoms with Gasteiger partial charge in [-0.15, -0.1) is 0 Å². The number of benzene rings is 2. The van der Waals surface area contributed by atoms with Crippen LogP contribution in [0.4, 0.5) is 5.69 Å². The van der Waals surface area contributed by atoms with Crippen LogP contribution in [0.25, 0.3) is 5.69 Å².